The lowest BCUT2D eigenvalue weighted by Gasteiger charge is -2.24. The third-order valence-electron chi connectivity index (χ3n) is 8.12. The number of rotatable bonds is 12. The van der Waals surface area contributed by atoms with Crippen LogP contribution in [0.3, 0.4) is 0 Å². The van der Waals surface area contributed by atoms with Gasteiger partial charge >= 0.3 is 5.97 Å². The number of hydrazine groups is 1. The summed E-state index contributed by atoms with van der Waals surface area (Å²) in [4.78, 5) is 27.0. The molecule has 47 heavy (non-hydrogen) atoms. The van der Waals surface area contributed by atoms with Gasteiger partial charge in [0.25, 0.3) is 0 Å². The SMILES string of the molecule is CCCN1NC(C(C)C)C(C(=O)OCc2ccccc2C(=O)c2ccccc2)=C1Cc1ccc(-c2ccccc2S(N)(=O)=O)c(F)c1. The highest BCUT2D eigenvalue weighted by Gasteiger charge is 2.37. The molecule has 1 unspecified atom stereocenters. The van der Waals surface area contributed by atoms with Crippen LogP contribution in [-0.4, -0.2) is 37.8 Å². The summed E-state index contributed by atoms with van der Waals surface area (Å²) < 4.78 is 45.8. The van der Waals surface area contributed by atoms with E-state index in [0.29, 0.717) is 40.1 Å². The average molecular weight is 656 g/mol. The number of sulfonamides is 1. The molecule has 1 aliphatic heterocycles. The van der Waals surface area contributed by atoms with Gasteiger partial charge in [-0.1, -0.05) is 106 Å². The number of ketones is 1. The number of nitrogens with two attached hydrogens (primary N) is 1. The first kappa shape index (κ1) is 33.7. The van der Waals surface area contributed by atoms with Gasteiger partial charge in [0.05, 0.1) is 16.5 Å². The molecule has 0 saturated heterocycles. The third kappa shape index (κ3) is 7.51. The van der Waals surface area contributed by atoms with E-state index >= 15 is 4.39 Å². The first-order chi connectivity index (χ1) is 22.5. The van der Waals surface area contributed by atoms with Gasteiger partial charge in [-0.15, -0.1) is 0 Å². The van der Waals surface area contributed by atoms with E-state index in [-0.39, 0.29) is 46.8 Å². The number of ether oxygens (including phenoxy) is 1. The van der Waals surface area contributed by atoms with E-state index in [1.807, 2.05) is 31.8 Å². The van der Waals surface area contributed by atoms with Gasteiger partial charge in [-0.3, -0.25) is 4.79 Å². The van der Waals surface area contributed by atoms with E-state index < -0.39 is 21.8 Å². The molecule has 3 N–H and O–H groups in total. The maximum Gasteiger partial charge on any atom is 0.337 e. The molecule has 0 aromatic heterocycles. The summed E-state index contributed by atoms with van der Waals surface area (Å²) in [6.45, 7) is 6.53. The molecule has 8 nitrogen and oxygen atoms in total. The van der Waals surface area contributed by atoms with Crippen molar-refractivity contribution >= 4 is 21.8 Å². The van der Waals surface area contributed by atoms with E-state index in [1.54, 1.807) is 60.7 Å². The van der Waals surface area contributed by atoms with Crippen molar-refractivity contribution in [3.8, 4) is 11.1 Å². The number of esters is 1. The van der Waals surface area contributed by atoms with Gasteiger partial charge in [0, 0.05) is 46.5 Å². The number of carbonyl (C=O) groups excluding carboxylic acids is 2. The zero-order valence-electron chi connectivity index (χ0n) is 26.6. The van der Waals surface area contributed by atoms with Crippen molar-refractivity contribution in [1.29, 1.82) is 0 Å². The molecule has 0 bridgehead atoms. The van der Waals surface area contributed by atoms with Crippen molar-refractivity contribution in [3.63, 3.8) is 0 Å². The Morgan fingerprint density at radius 2 is 1.62 bits per heavy atom. The van der Waals surface area contributed by atoms with Crippen LogP contribution in [0.25, 0.3) is 11.1 Å². The summed E-state index contributed by atoms with van der Waals surface area (Å²) in [6, 6.07) is 26.2. The minimum absolute atomic E-state index is 0.0233. The lowest BCUT2D eigenvalue weighted by molar-refractivity contribution is -0.140. The van der Waals surface area contributed by atoms with Crippen LogP contribution in [0, 0.1) is 11.7 Å². The molecule has 1 heterocycles. The Hall–Kier alpha value is -4.64. The highest BCUT2D eigenvalue weighted by atomic mass is 32.2. The molecule has 0 fully saturated rings. The van der Waals surface area contributed by atoms with E-state index in [1.165, 1.54) is 30.3 Å². The second-order valence-corrected chi connectivity index (χ2v) is 13.4. The summed E-state index contributed by atoms with van der Waals surface area (Å²) in [6.07, 6.45) is 1.01. The van der Waals surface area contributed by atoms with Crippen LogP contribution in [0.2, 0.25) is 0 Å². The predicted molar refractivity (Wildman–Crippen MR) is 179 cm³/mol. The number of allylic oxidation sites excluding steroid dienone is 1. The Morgan fingerprint density at radius 3 is 2.30 bits per heavy atom. The topological polar surface area (TPSA) is 119 Å². The monoisotopic (exact) mass is 655 g/mol. The summed E-state index contributed by atoms with van der Waals surface area (Å²) >= 11 is 0. The van der Waals surface area contributed by atoms with Crippen LogP contribution in [-0.2, 0) is 32.6 Å². The average Bonchev–Trinajstić information content (AvgIpc) is 3.41. The van der Waals surface area contributed by atoms with Gasteiger partial charge < -0.3 is 9.75 Å². The molecule has 5 rings (SSSR count). The van der Waals surface area contributed by atoms with Crippen molar-refractivity contribution in [2.75, 3.05) is 6.54 Å². The van der Waals surface area contributed by atoms with Crippen molar-refractivity contribution in [3.05, 3.63) is 136 Å². The van der Waals surface area contributed by atoms with Crippen LogP contribution in [0.4, 0.5) is 4.39 Å². The van der Waals surface area contributed by atoms with Gasteiger partial charge in [-0.2, -0.15) is 0 Å². The van der Waals surface area contributed by atoms with Gasteiger partial charge in [-0.25, -0.2) is 28.2 Å². The lowest BCUT2D eigenvalue weighted by Crippen LogP contribution is -2.41. The van der Waals surface area contributed by atoms with Gasteiger partial charge in [0.1, 0.15) is 12.4 Å². The summed E-state index contributed by atoms with van der Waals surface area (Å²) in [5, 5.41) is 7.32. The molecule has 10 heteroatoms. The second kappa shape index (κ2) is 14.4. The fourth-order valence-corrected chi connectivity index (χ4v) is 6.58. The Morgan fingerprint density at radius 1 is 0.936 bits per heavy atom. The Balaban J connectivity index is 1.46. The fraction of sp³-hybridized carbons (Fsp3) is 0.243. The van der Waals surface area contributed by atoms with Gasteiger partial charge in [0.15, 0.2) is 5.78 Å². The highest BCUT2D eigenvalue weighted by molar-refractivity contribution is 7.89. The van der Waals surface area contributed by atoms with Crippen LogP contribution in [0.1, 0.15) is 54.2 Å². The minimum Gasteiger partial charge on any atom is -0.457 e. The van der Waals surface area contributed by atoms with E-state index in [2.05, 4.69) is 5.43 Å². The first-order valence-corrected chi connectivity index (χ1v) is 17.1. The van der Waals surface area contributed by atoms with Crippen LogP contribution in [0.5, 0.6) is 0 Å². The normalized spacial score (nSPS) is 14.9. The smallest absolute Gasteiger partial charge is 0.337 e. The summed E-state index contributed by atoms with van der Waals surface area (Å²) in [5.74, 6) is -1.27. The van der Waals surface area contributed by atoms with Crippen molar-refractivity contribution in [2.45, 2.75) is 51.2 Å². The molecule has 1 atom stereocenters. The number of nitrogens with one attached hydrogen (secondary N) is 1. The lowest BCUT2D eigenvalue weighted by atomic mass is 9.94. The molecule has 0 aliphatic carbocycles. The molecular formula is C37H38FN3O5S. The van der Waals surface area contributed by atoms with Crippen molar-refractivity contribution in [2.24, 2.45) is 11.1 Å². The van der Waals surface area contributed by atoms with Gasteiger partial charge in [0.2, 0.25) is 10.0 Å². The standard InChI is InChI=1S/C37H38FN3O5S/c1-4-20-41-32(22-25-18-19-29(31(38)21-25)30-16-10-11-17-33(30)47(39,44)45)34(35(40-41)24(2)3)37(43)46-23-27-14-8-9-15-28(27)36(42)26-12-6-5-7-13-26/h5-19,21,24,35,40H,4,20,22-23H2,1-3H3,(H2,39,44,45). The van der Waals surface area contributed by atoms with Crippen LogP contribution in [0.15, 0.2) is 113 Å². The second-order valence-electron chi connectivity index (χ2n) is 11.8. The molecule has 4 aromatic carbocycles. The number of benzene rings is 4. The summed E-state index contributed by atoms with van der Waals surface area (Å²) in [7, 11) is -4.08. The number of nitrogens with zero attached hydrogens (tertiary/aromatic N) is 1. The fourth-order valence-electron chi connectivity index (χ4n) is 5.83. The Labute approximate surface area is 275 Å². The number of carbonyl (C=O) groups is 2. The Bertz CT molecular complexity index is 1930. The van der Waals surface area contributed by atoms with E-state index in [0.717, 1.165) is 6.42 Å². The van der Waals surface area contributed by atoms with E-state index in [4.69, 9.17) is 9.88 Å². The molecule has 0 amide bonds. The van der Waals surface area contributed by atoms with Gasteiger partial charge in [-0.05, 0) is 30.0 Å². The number of halogens is 1. The number of hydrogen-bond acceptors (Lipinski definition) is 7. The molecule has 4 aromatic rings. The number of primary sulfonamides is 1. The zero-order chi connectivity index (χ0) is 33.7. The number of hydrogen-bond donors (Lipinski definition) is 2. The molecule has 0 radical (unpaired) electrons. The van der Waals surface area contributed by atoms with Crippen LogP contribution < -0.4 is 10.6 Å². The minimum atomic E-state index is -4.08. The predicted octanol–water partition coefficient (Wildman–Crippen LogP) is 6.17. The molecular weight excluding hydrogens is 617 g/mol. The van der Waals surface area contributed by atoms with Crippen molar-refractivity contribution < 1.29 is 27.1 Å². The first-order valence-electron chi connectivity index (χ1n) is 15.5. The maximum absolute atomic E-state index is 15.6. The Kier molecular flexibility index (Phi) is 10.3. The zero-order valence-corrected chi connectivity index (χ0v) is 27.4. The summed E-state index contributed by atoms with van der Waals surface area (Å²) in [5.41, 5.74) is 7.01. The molecule has 244 valence electrons. The largest absolute Gasteiger partial charge is 0.457 e. The molecule has 0 spiro atoms. The third-order valence-corrected chi connectivity index (χ3v) is 9.09. The molecule has 1 aliphatic rings. The van der Waals surface area contributed by atoms with Crippen LogP contribution >= 0.6 is 0 Å². The molecule has 0 saturated carbocycles. The van der Waals surface area contributed by atoms with E-state index in [9.17, 15) is 18.0 Å². The quantitative estimate of drug-likeness (QED) is 0.139. The maximum atomic E-state index is 15.6. The highest BCUT2D eigenvalue weighted by Crippen LogP contribution is 2.33. The van der Waals surface area contributed by atoms with Crippen molar-refractivity contribution in [1.82, 2.24) is 10.4 Å².